The van der Waals surface area contributed by atoms with E-state index in [0.29, 0.717) is 0 Å². The molecule has 0 aromatic heterocycles. The number of esters is 1. The van der Waals surface area contributed by atoms with Crippen molar-refractivity contribution >= 4 is 14.2 Å². The normalized spacial score (nSPS) is 10.6. The Labute approximate surface area is 70.9 Å². The van der Waals surface area contributed by atoms with E-state index in [-0.39, 0.29) is 19.6 Å². The fourth-order valence-corrected chi connectivity index (χ4v) is 0.679. The van der Waals surface area contributed by atoms with Gasteiger partial charge < -0.3 is 4.74 Å². The molecule has 0 saturated carbocycles. The Hall–Kier alpha value is -0.770. The monoisotopic (exact) mass is 193 g/mol. The third-order valence-electron chi connectivity index (χ3n) is 0.870. The molecule has 1 unspecified atom stereocenters. The van der Waals surface area contributed by atoms with E-state index >= 15 is 0 Å². The predicted octanol–water partition coefficient (Wildman–Crippen LogP) is 0.772. The second-order valence-electron chi connectivity index (χ2n) is 1.79. The molecule has 0 aliphatic rings. The van der Waals surface area contributed by atoms with Crippen molar-refractivity contribution in [2.24, 2.45) is 0 Å². The largest absolute Gasteiger partial charge is 0.694 e. The van der Waals surface area contributed by atoms with Crippen molar-refractivity contribution in [2.75, 3.05) is 13.2 Å². The number of carbonyl (C=O) groups is 1. The van der Waals surface area contributed by atoms with E-state index in [0.717, 1.165) is 0 Å². The maximum Gasteiger partial charge on any atom is 0.694 e. The fraction of sp³-hybridized carbons (Fsp3) is 0.500. The Balaban J connectivity index is 3.31. The van der Waals surface area contributed by atoms with Crippen LogP contribution in [0.3, 0.4) is 0 Å². The summed E-state index contributed by atoms with van der Waals surface area (Å²) < 4.78 is 18.7. The molecule has 0 aliphatic heterocycles. The quantitative estimate of drug-likeness (QED) is 0.383. The van der Waals surface area contributed by atoms with Gasteiger partial charge in [0.25, 0.3) is 0 Å². The second-order valence-corrected chi connectivity index (χ2v) is 2.53. The van der Waals surface area contributed by atoms with E-state index in [2.05, 4.69) is 15.8 Å². The Morgan fingerprint density at radius 2 is 2.33 bits per heavy atom. The van der Waals surface area contributed by atoms with Crippen LogP contribution < -0.4 is 0 Å². The molecule has 1 N–H and O–H groups in total. The predicted molar refractivity (Wildman–Crippen MR) is 41.6 cm³/mol. The van der Waals surface area contributed by atoms with Crippen LogP contribution in [0.5, 0.6) is 0 Å². The van der Waals surface area contributed by atoms with Crippen molar-refractivity contribution in [3.8, 4) is 0 Å². The highest BCUT2D eigenvalue weighted by Crippen LogP contribution is 2.14. The molecule has 0 heterocycles. The summed E-state index contributed by atoms with van der Waals surface area (Å²) in [5, 5.41) is 0. The van der Waals surface area contributed by atoms with E-state index in [1.807, 2.05) is 0 Å². The van der Waals surface area contributed by atoms with Crippen LogP contribution in [0.15, 0.2) is 12.7 Å². The summed E-state index contributed by atoms with van der Waals surface area (Å²) in [6.45, 7) is 3.38. The molecular formula is C6H10O5P+. The lowest BCUT2D eigenvalue weighted by molar-refractivity contribution is -0.142. The first-order chi connectivity index (χ1) is 5.66. The van der Waals surface area contributed by atoms with Crippen LogP contribution in [0.25, 0.3) is 0 Å². The van der Waals surface area contributed by atoms with Crippen molar-refractivity contribution in [1.29, 1.82) is 0 Å². The first-order valence-corrected chi connectivity index (χ1v) is 4.35. The molecule has 0 aromatic carbocycles. The molecule has 0 amide bonds. The lowest BCUT2D eigenvalue weighted by Gasteiger charge is -1.97. The summed E-state index contributed by atoms with van der Waals surface area (Å²) >= 11 is 0. The zero-order valence-electron chi connectivity index (χ0n) is 6.43. The van der Waals surface area contributed by atoms with Gasteiger partial charge in [-0.25, -0.2) is 0 Å². The Morgan fingerprint density at radius 1 is 1.67 bits per heavy atom. The smallest absolute Gasteiger partial charge is 0.461 e. The van der Waals surface area contributed by atoms with Crippen molar-refractivity contribution in [1.82, 2.24) is 0 Å². The van der Waals surface area contributed by atoms with Crippen LogP contribution in [0.4, 0.5) is 0 Å². The maximum absolute atomic E-state index is 10.7. The first kappa shape index (κ1) is 11.2. The summed E-state index contributed by atoms with van der Waals surface area (Å²) in [7, 11) is -2.62. The van der Waals surface area contributed by atoms with Crippen LogP contribution in [0.2, 0.25) is 0 Å². The van der Waals surface area contributed by atoms with E-state index < -0.39 is 14.2 Å². The topological polar surface area (TPSA) is 72.8 Å². The van der Waals surface area contributed by atoms with Gasteiger partial charge >= 0.3 is 14.2 Å². The maximum atomic E-state index is 10.7. The van der Waals surface area contributed by atoms with Crippen LogP contribution in [-0.2, 0) is 18.6 Å². The van der Waals surface area contributed by atoms with Crippen LogP contribution in [-0.4, -0.2) is 24.1 Å². The SMILES string of the molecule is C=CCOC(=O)CCO[P+](=O)O. The zero-order chi connectivity index (χ0) is 9.40. The lowest BCUT2D eigenvalue weighted by atomic mass is 10.5. The molecule has 0 saturated heterocycles. The van der Waals surface area contributed by atoms with Crippen molar-refractivity contribution in [3.63, 3.8) is 0 Å². The highest BCUT2D eigenvalue weighted by molar-refractivity contribution is 7.32. The summed E-state index contributed by atoms with van der Waals surface area (Å²) in [6.07, 6.45) is 1.40. The molecule has 0 aromatic rings. The van der Waals surface area contributed by atoms with E-state index in [4.69, 9.17) is 4.89 Å². The molecular weight excluding hydrogens is 183 g/mol. The standard InChI is InChI=1S/C6H9O5P/c1-2-4-10-6(7)3-5-11-12(8)9/h2H,1,3-5H2/p+1. The zero-order valence-corrected chi connectivity index (χ0v) is 7.33. The molecule has 6 heteroatoms. The number of carbonyl (C=O) groups excluding carboxylic acids is 1. The molecule has 1 atom stereocenters. The molecule has 5 nitrogen and oxygen atoms in total. The van der Waals surface area contributed by atoms with Gasteiger partial charge in [-0.2, -0.15) is 0 Å². The summed E-state index contributed by atoms with van der Waals surface area (Å²) in [5.41, 5.74) is 0. The minimum absolute atomic E-state index is 0.0323. The number of rotatable bonds is 6. The molecule has 0 radical (unpaired) electrons. The third kappa shape index (κ3) is 7.34. The van der Waals surface area contributed by atoms with E-state index in [9.17, 15) is 9.36 Å². The van der Waals surface area contributed by atoms with Crippen LogP contribution in [0, 0.1) is 0 Å². The average Bonchev–Trinajstić information content (AvgIpc) is 2.00. The van der Waals surface area contributed by atoms with Gasteiger partial charge in [0.2, 0.25) is 0 Å². The Bertz CT molecular complexity index is 179. The molecule has 68 valence electrons. The molecule has 12 heavy (non-hydrogen) atoms. The minimum atomic E-state index is -2.62. The Kier molecular flexibility index (Phi) is 6.47. The van der Waals surface area contributed by atoms with Gasteiger partial charge in [-0.05, 0) is 0 Å². The van der Waals surface area contributed by atoms with Crippen molar-refractivity contribution in [3.05, 3.63) is 12.7 Å². The average molecular weight is 193 g/mol. The van der Waals surface area contributed by atoms with Gasteiger partial charge in [-0.3, -0.25) is 4.79 Å². The second kappa shape index (κ2) is 6.91. The van der Waals surface area contributed by atoms with Gasteiger partial charge in [0, 0.05) is 4.57 Å². The molecule has 0 spiro atoms. The van der Waals surface area contributed by atoms with E-state index in [1.54, 1.807) is 0 Å². The van der Waals surface area contributed by atoms with E-state index in [1.165, 1.54) is 6.08 Å². The summed E-state index contributed by atoms with van der Waals surface area (Å²) in [5.74, 6) is -0.480. The summed E-state index contributed by atoms with van der Waals surface area (Å²) in [4.78, 5) is 18.8. The van der Waals surface area contributed by atoms with Gasteiger partial charge in [-0.15, -0.1) is 9.42 Å². The molecule has 0 rings (SSSR count). The lowest BCUT2D eigenvalue weighted by Crippen LogP contribution is -2.06. The number of hydrogen-bond donors (Lipinski definition) is 1. The molecule has 0 fully saturated rings. The van der Waals surface area contributed by atoms with Gasteiger partial charge in [0.1, 0.15) is 13.2 Å². The van der Waals surface area contributed by atoms with Crippen molar-refractivity contribution < 1.29 is 23.5 Å². The Morgan fingerprint density at radius 3 is 2.83 bits per heavy atom. The minimum Gasteiger partial charge on any atom is -0.461 e. The highest BCUT2D eigenvalue weighted by atomic mass is 31.1. The fourth-order valence-electron chi connectivity index (χ4n) is 0.431. The van der Waals surface area contributed by atoms with Gasteiger partial charge in [0.15, 0.2) is 0 Å². The first-order valence-electron chi connectivity index (χ1n) is 3.22. The van der Waals surface area contributed by atoms with Crippen LogP contribution in [0.1, 0.15) is 6.42 Å². The number of hydrogen-bond acceptors (Lipinski definition) is 4. The van der Waals surface area contributed by atoms with Gasteiger partial charge in [0.05, 0.1) is 6.42 Å². The van der Waals surface area contributed by atoms with Crippen molar-refractivity contribution in [2.45, 2.75) is 6.42 Å². The van der Waals surface area contributed by atoms with Gasteiger partial charge in [-0.1, -0.05) is 12.7 Å². The molecule has 0 aliphatic carbocycles. The third-order valence-corrected chi connectivity index (χ3v) is 1.27. The highest BCUT2D eigenvalue weighted by Gasteiger charge is 2.13. The van der Waals surface area contributed by atoms with Crippen LogP contribution >= 0.6 is 8.25 Å². The summed E-state index contributed by atoms with van der Waals surface area (Å²) in [6, 6.07) is 0. The number of ether oxygens (including phenoxy) is 1. The molecule has 0 bridgehead atoms.